The van der Waals surface area contributed by atoms with Crippen molar-refractivity contribution in [2.75, 3.05) is 0 Å². The molecule has 1 unspecified atom stereocenters. The van der Waals surface area contributed by atoms with E-state index in [1.54, 1.807) is 0 Å². The summed E-state index contributed by atoms with van der Waals surface area (Å²) in [5.74, 6) is 0.440. The molecule has 1 aliphatic carbocycles. The van der Waals surface area contributed by atoms with Gasteiger partial charge in [-0.05, 0) is 49.9 Å². The topological polar surface area (TPSA) is 0 Å². The molecule has 0 radical (unpaired) electrons. The van der Waals surface area contributed by atoms with Crippen LogP contribution in [0, 0.1) is 13.8 Å². The maximum absolute atomic E-state index is 6.32. The van der Waals surface area contributed by atoms with E-state index in [-0.39, 0.29) is 0 Å². The van der Waals surface area contributed by atoms with E-state index in [0.29, 0.717) is 5.92 Å². The van der Waals surface area contributed by atoms with E-state index in [2.05, 4.69) is 51.1 Å². The third-order valence-electron chi connectivity index (χ3n) is 3.30. The first-order valence-electron chi connectivity index (χ1n) is 5.69. The lowest BCUT2D eigenvalue weighted by atomic mass is 9.89. The second-order valence-electron chi connectivity index (χ2n) is 4.61. The van der Waals surface area contributed by atoms with Gasteiger partial charge in [-0.15, -0.1) is 0 Å². The summed E-state index contributed by atoms with van der Waals surface area (Å²) in [6, 6.07) is 4.30. The lowest BCUT2D eigenvalue weighted by molar-refractivity contribution is 0.843. The first-order chi connectivity index (χ1) is 7.58. The molecule has 0 spiro atoms. The van der Waals surface area contributed by atoms with E-state index in [4.69, 9.17) is 11.6 Å². The van der Waals surface area contributed by atoms with E-state index in [1.165, 1.54) is 22.3 Å². The standard InChI is InChI=1S/C15H17Cl/c1-10-4-6-13(7-5-10)14-8-11(2)12(3)9-15(14)16/h4-6,8-9,13H,7H2,1-3H3. The van der Waals surface area contributed by atoms with E-state index in [0.717, 1.165) is 11.4 Å². The molecule has 0 aromatic heterocycles. The summed E-state index contributed by atoms with van der Waals surface area (Å²) in [5.41, 5.74) is 5.18. The monoisotopic (exact) mass is 232 g/mol. The maximum Gasteiger partial charge on any atom is 0.0446 e. The predicted molar refractivity (Wildman–Crippen MR) is 71.2 cm³/mol. The van der Waals surface area contributed by atoms with Gasteiger partial charge in [0.05, 0.1) is 0 Å². The number of hydrogen-bond donors (Lipinski definition) is 0. The molecule has 0 aliphatic heterocycles. The Bertz CT molecular complexity index is 467. The molecule has 0 saturated heterocycles. The molecule has 0 heterocycles. The highest BCUT2D eigenvalue weighted by molar-refractivity contribution is 6.31. The van der Waals surface area contributed by atoms with Gasteiger partial charge in [0.15, 0.2) is 0 Å². The summed E-state index contributed by atoms with van der Waals surface area (Å²) in [6.45, 7) is 6.38. The Hall–Kier alpha value is -1.01. The molecule has 0 saturated carbocycles. The van der Waals surface area contributed by atoms with Crippen molar-refractivity contribution in [2.24, 2.45) is 0 Å². The fraction of sp³-hybridized carbons (Fsp3) is 0.333. The number of allylic oxidation sites excluding steroid dienone is 4. The maximum atomic E-state index is 6.32. The van der Waals surface area contributed by atoms with Crippen molar-refractivity contribution in [3.63, 3.8) is 0 Å². The van der Waals surface area contributed by atoms with Crippen LogP contribution >= 0.6 is 11.6 Å². The van der Waals surface area contributed by atoms with Gasteiger partial charge < -0.3 is 0 Å². The highest BCUT2D eigenvalue weighted by atomic mass is 35.5. The molecule has 0 N–H and O–H groups in total. The average molecular weight is 233 g/mol. The molecule has 1 aromatic carbocycles. The Morgan fingerprint density at radius 1 is 1.12 bits per heavy atom. The second kappa shape index (κ2) is 4.47. The second-order valence-corrected chi connectivity index (χ2v) is 5.01. The zero-order valence-electron chi connectivity index (χ0n) is 10.0. The fourth-order valence-electron chi connectivity index (χ4n) is 2.05. The summed E-state index contributed by atoms with van der Waals surface area (Å²) in [5, 5.41) is 0.894. The molecule has 16 heavy (non-hydrogen) atoms. The van der Waals surface area contributed by atoms with Crippen LogP contribution in [0.1, 0.15) is 36.0 Å². The number of hydrogen-bond acceptors (Lipinski definition) is 0. The molecule has 1 heteroatoms. The van der Waals surface area contributed by atoms with Gasteiger partial charge in [0.25, 0.3) is 0 Å². The number of benzene rings is 1. The molecular formula is C15H17Cl. The molecule has 1 atom stereocenters. The smallest absolute Gasteiger partial charge is 0.0446 e. The molecule has 0 nitrogen and oxygen atoms in total. The quantitative estimate of drug-likeness (QED) is 0.643. The Morgan fingerprint density at radius 2 is 1.81 bits per heavy atom. The zero-order valence-corrected chi connectivity index (χ0v) is 10.8. The third-order valence-corrected chi connectivity index (χ3v) is 3.63. The van der Waals surface area contributed by atoms with Crippen LogP contribution in [0.3, 0.4) is 0 Å². The van der Waals surface area contributed by atoms with E-state index >= 15 is 0 Å². The summed E-state index contributed by atoms with van der Waals surface area (Å²) < 4.78 is 0. The molecule has 0 bridgehead atoms. The van der Waals surface area contributed by atoms with Gasteiger partial charge in [-0.2, -0.15) is 0 Å². The normalized spacial score (nSPS) is 19.8. The average Bonchev–Trinajstić information content (AvgIpc) is 2.25. The first kappa shape index (κ1) is 11.5. The highest BCUT2D eigenvalue weighted by Gasteiger charge is 2.14. The summed E-state index contributed by atoms with van der Waals surface area (Å²) >= 11 is 6.32. The third kappa shape index (κ3) is 2.22. The Morgan fingerprint density at radius 3 is 2.44 bits per heavy atom. The Labute approximate surface area is 103 Å². The van der Waals surface area contributed by atoms with Crippen molar-refractivity contribution in [1.29, 1.82) is 0 Å². The van der Waals surface area contributed by atoms with Gasteiger partial charge >= 0.3 is 0 Å². The lowest BCUT2D eigenvalue weighted by Gasteiger charge is -2.18. The van der Waals surface area contributed by atoms with Gasteiger partial charge in [-0.25, -0.2) is 0 Å². The fourth-order valence-corrected chi connectivity index (χ4v) is 2.40. The molecule has 0 fully saturated rings. The zero-order chi connectivity index (χ0) is 11.7. The van der Waals surface area contributed by atoms with Gasteiger partial charge in [0, 0.05) is 10.9 Å². The van der Waals surface area contributed by atoms with Crippen LogP contribution in [0.15, 0.2) is 35.9 Å². The SMILES string of the molecule is CC1=CCC(c2cc(C)c(C)cc2Cl)C=C1. The van der Waals surface area contributed by atoms with Gasteiger partial charge in [0.2, 0.25) is 0 Å². The summed E-state index contributed by atoms with van der Waals surface area (Å²) in [6.07, 6.45) is 7.77. The van der Waals surface area contributed by atoms with E-state index in [9.17, 15) is 0 Å². The van der Waals surface area contributed by atoms with Crippen molar-refractivity contribution < 1.29 is 0 Å². The molecular weight excluding hydrogens is 216 g/mol. The number of aryl methyl sites for hydroxylation is 2. The minimum Gasteiger partial charge on any atom is -0.0840 e. The molecule has 84 valence electrons. The number of rotatable bonds is 1. The van der Waals surface area contributed by atoms with Crippen molar-refractivity contribution >= 4 is 11.6 Å². The van der Waals surface area contributed by atoms with E-state index < -0.39 is 0 Å². The molecule has 1 aromatic rings. The van der Waals surface area contributed by atoms with Crippen molar-refractivity contribution in [2.45, 2.75) is 33.1 Å². The number of halogens is 1. The molecule has 2 rings (SSSR count). The van der Waals surface area contributed by atoms with Gasteiger partial charge in [-0.1, -0.05) is 41.5 Å². The van der Waals surface area contributed by atoms with Crippen LogP contribution in [-0.2, 0) is 0 Å². The molecule has 0 amide bonds. The molecule has 1 aliphatic rings. The highest BCUT2D eigenvalue weighted by Crippen LogP contribution is 2.33. The summed E-state index contributed by atoms with van der Waals surface area (Å²) in [4.78, 5) is 0. The van der Waals surface area contributed by atoms with Gasteiger partial charge in [-0.3, -0.25) is 0 Å². The minimum absolute atomic E-state index is 0.440. The largest absolute Gasteiger partial charge is 0.0840 e. The lowest BCUT2D eigenvalue weighted by Crippen LogP contribution is -2.00. The van der Waals surface area contributed by atoms with E-state index in [1.807, 2.05) is 0 Å². The van der Waals surface area contributed by atoms with Crippen molar-refractivity contribution in [1.82, 2.24) is 0 Å². The summed E-state index contributed by atoms with van der Waals surface area (Å²) in [7, 11) is 0. The first-order valence-corrected chi connectivity index (χ1v) is 6.07. The predicted octanol–water partition coefficient (Wildman–Crippen LogP) is 4.95. The van der Waals surface area contributed by atoms with Crippen LogP contribution in [0.2, 0.25) is 5.02 Å². The Kier molecular flexibility index (Phi) is 3.20. The van der Waals surface area contributed by atoms with Crippen LogP contribution in [0.5, 0.6) is 0 Å². The van der Waals surface area contributed by atoms with Crippen LogP contribution in [0.4, 0.5) is 0 Å². The van der Waals surface area contributed by atoms with Gasteiger partial charge in [0.1, 0.15) is 0 Å². The van der Waals surface area contributed by atoms with Crippen LogP contribution in [0.25, 0.3) is 0 Å². The van der Waals surface area contributed by atoms with Crippen LogP contribution in [-0.4, -0.2) is 0 Å². The van der Waals surface area contributed by atoms with Crippen molar-refractivity contribution in [3.8, 4) is 0 Å². The minimum atomic E-state index is 0.440. The Balaban J connectivity index is 2.35. The van der Waals surface area contributed by atoms with Crippen molar-refractivity contribution in [3.05, 3.63) is 57.6 Å². The van der Waals surface area contributed by atoms with Crippen LogP contribution < -0.4 is 0 Å².